The Morgan fingerprint density at radius 2 is 1.77 bits per heavy atom. The molecule has 2 aromatic carbocycles. The summed E-state index contributed by atoms with van der Waals surface area (Å²) in [4.78, 5) is 29.4. The van der Waals surface area contributed by atoms with Crippen molar-refractivity contribution in [2.45, 2.75) is 56.5 Å². The zero-order chi connectivity index (χ0) is 21.2. The minimum atomic E-state index is -0.922. The van der Waals surface area contributed by atoms with Gasteiger partial charge in [-0.15, -0.1) is 0 Å². The molecule has 1 N–H and O–H groups in total. The molecule has 0 radical (unpaired) electrons. The number of fused-ring (bicyclic) bond motifs is 6. The topological polar surface area (TPSA) is 58.6 Å². The molecule has 1 saturated carbocycles. The number of esters is 1. The van der Waals surface area contributed by atoms with E-state index in [1.807, 2.05) is 54.3 Å². The van der Waals surface area contributed by atoms with Gasteiger partial charge < -0.3 is 9.64 Å². The molecule has 4 aliphatic rings. The summed E-state index contributed by atoms with van der Waals surface area (Å²) in [5, 5.41) is 3.83. The van der Waals surface area contributed by atoms with Gasteiger partial charge in [0.15, 0.2) is 0 Å². The van der Waals surface area contributed by atoms with E-state index in [2.05, 4.69) is 11.4 Å². The number of hydrogen-bond acceptors (Lipinski definition) is 4. The molecule has 1 aliphatic carbocycles. The highest BCUT2D eigenvalue weighted by Gasteiger charge is 2.68. The van der Waals surface area contributed by atoms with E-state index < -0.39 is 5.54 Å². The summed E-state index contributed by atoms with van der Waals surface area (Å²) in [6, 6.07) is 15.8. The van der Waals surface area contributed by atoms with Gasteiger partial charge >= 0.3 is 5.97 Å². The van der Waals surface area contributed by atoms with Crippen molar-refractivity contribution >= 4 is 17.6 Å². The van der Waals surface area contributed by atoms with Gasteiger partial charge in [-0.25, -0.2) is 0 Å². The Balaban J connectivity index is 1.59. The van der Waals surface area contributed by atoms with Crippen LogP contribution in [0.3, 0.4) is 0 Å². The zero-order valence-corrected chi connectivity index (χ0v) is 17.8. The zero-order valence-electron chi connectivity index (χ0n) is 17.8. The van der Waals surface area contributed by atoms with Gasteiger partial charge in [0.2, 0.25) is 0 Å². The molecular weight excluding hydrogens is 388 g/mol. The van der Waals surface area contributed by atoms with Crippen LogP contribution in [-0.4, -0.2) is 24.5 Å². The molecule has 0 unspecified atom stereocenters. The molecule has 0 bridgehead atoms. The second-order valence-electron chi connectivity index (χ2n) is 9.41. The monoisotopic (exact) mass is 416 g/mol. The number of likely N-dealkylation sites (N-methyl/N-ethyl adjacent to an activating group) is 1. The number of para-hydroxylation sites is 2. The minimum absolute atomic E-state index is 0.0556. The maximum absolute atomic E-state index is 14.1. The Hall–Kier alpha value is -2.66. The van der Waals surface area contributed by atoms with E-state index in [9.17, 15) is 9.59 Å². The van der Waals surface area contributed by atoms with Crippen LogP contribution < -0.4 is 15.0 Å². The van der Waals surface area contributed by atoms with Crippen LogP contribution in [0.1, 0.15) is 56.1 Å². The summed E-state index contributed by atoms with van der Waals surface area (Å²) in [5.74, 6) is 0.236. The van der Waals surface area contributed by atoms with Crippen molar-refractivity contribution in [2.24, 2.45) is 11.8 Å². The summed E-state index contributed by atoms with van der Waals surface area (Å²) in [6.07, 6.45) is 5.81. The molecule has 5 heteroatoms. The van der Waals surface area contributed by atoms with Crippen LogP contribution in [0.4, 0.5) is 5.69 Å². The Morgan fingerprint density at radius 1 is 1.03 bits per heavy atom. The smallest absolute Gasteiger partial charge is 0.316 e. The van der Waals surface area contributed by atoms with Crippen molar-refractivity contribution < 1.29 is 14.3 Å². The first kappa shape index (κ1) is 19.1. The molecule has 2 fully saturated rings. The summed E-state index contributed by atoms with van der Waals surface area (Å²) in [6.45, 7) is 2.62. The van der Waals surface area contributed by atoms with Crippen LogP contribution in [-0.2, 0) is 15.1 Å². The number of anilines is 1. The molecule has 3 heterocycles. The predicted octanol–water partition coefficient (Wildman–Crippen LogP) is 4.12. The molecule has 3 aliphatic heterocycles. The third-order valence-corrected chi connectivity index (χ3v) is 8.02. The first-order chi connectivity index (χ1) is 15.2. The SMILES string of the molecule is CCN1C(=O)[C@]2(N[C@H](C3CCCCC3)[C@H]3C(=O)Oc4ccccc4[C@H]32)c2ccccc21. The Labute approximate surface area is 182 Å². The van der Waals surface area contributed by atoms with Crippen LogP contribution in [0.25, 0.3) is 0 Å². The second kappa shape index (κ2) is 6.92. The third-order valence-electron chi connectivity index (χ3n) is 8.02. The van der Waals surface area contributed by atoms with Crippen LogP contribution in [0.5, 0.6) is 5.75 Å². The van der Waals surface area contributed by atoms with Crippen LogP contribution >= 0.6 is 0 Å². The Kier molecular flexibility index (Phi) is 4.26. The van der Waals surface area contributed by atoms with Gasteiger partial charge in [0.1, 0.15) is 11.3 Å². The summed E-state index contributed by atoms with van der Waals surface area (Å²) in [7, 11) is 0. The molecule has 160 valence electrons. The maximum atomic E-state index is 14.1. The average Bonchev–Trinajstić information content (AvgIpc) is 3.29. The number of amides is 1. The number of hydrogen-bond donors (Lipinski definition) is 1. The fourth-order valence-electron chi connectivity index (χ4n) is 6.77. The molecule has 31 heavy (non-hydrogen) atoms. The highest BCUT2D eigenvalue weighted by atomic mass is 16.5. The van der Waals surface area contributed by atoms with Crippen LogP contribution in [0.2, 0.25) is 0 Å². The standard InChI is InChI=1S/C26H28N2O3/c1-2-28-19-14-8-7-13-18(19)26(25(28)30)22-17-12-6-9-15-20(17)31-24(29)21(22)23(27-26)16-10-4-3-5-11-16/h6-9,12-16,21-23,27H,2-5,10-11H2,1H3/t21-,22+,23+,26-/m0/s1. The van der Waals surface area contributed by atoms with E-state index in [4.69, 9.17) is 4.74 Å². The number of benzene rings is 2. The maximum Gasteiger partial charge on any atom is 0.316 e. The quantitative estimate of drug-likeness (QED) is 0.591. The van der Waals surface area contributed by atoms with Gasteiger partial charge in [0.05, 0.1) is 5.92 Å². The van der Waals surface area contributed by atoms with Gasteiger partial charge in [-0.2, -0.15) is 0 Å². The van der Waals surface area contributed by atoms with Crippen molar-refractivity contribution in [3.05, 3.63) is 59.7 Å². The van der Waals surface area contributed by atoms with Gasteiger partial charge in [-0.1, -0.05) is 55.7 Å². The summed E-state index contributed by atoms with van der Waals surface area (Å²) >= 11 is 0. The van der Waals surface area contributed by atoms with Crippen molar-refractivity contribution in [3.63, 3.8) is 0 Å². The van der Waals surface area contributed by atoms with E-state index in [-0.39, 0.29) is 29.8 Å². The first-order valence-corrected chi connectivity index (χ1v) is 11.7. The number of carbonyl (C=O) groups is 2. The largest absolute Gasteiger partial charge is 0.426 e. The van der Waals surface area contributed by atoms with E-state index in [1.165, 1.54) is 19.3 Å². The molecule has 0 aromatic heterocycles. The number of carbonyl (C=O) groups excluding carboxylic acids is 2. The number of nitrogens with one attached hydrogen (secondary N) is 1. The lowest BCUT2D eigenvalue weighted by molar-refractivity contribution is -0.142. The fourth-order valence-corrected chi connectivity index (χ4v) is 6.77. The minimum Gasteiger partial charge on any atom is -0.426 e. The highest BCUT2D eigenvalue weighted by Crippen LogP contribution is 2.60. The number of rotatable bonds is 2. The summed E-state index contributed by atoms with van der Waals surface area (Å²) < 4.78 is 5.84. The normalized spacial score (nSPS) is 32.0. The lowest BCUT2D eigenvalue weighted by atomic mass is 9.68. The molecule has 5 nitrogen and oxygen atoms in total. The molecule has 4 atom stereocenters. The number of ether oxygens (including phenoxy) is 1. The van der Waals surface area contributed by atoms with Gasteiger partial charge in [0.25, 0.3) is 5.91 Å². The first-order valence-electron chi connectivity index (χ1n) is 11.7. The Morgan fingerprint density at radius 3 is 2.58 bits per heavy atom. The lowest BCUT2D eigenvalue weighted by Gasteiger charge is -2.36. The van der Waals surface area contributed by atoms with E-state index >= 15 is 0 Å². The molecule has 6 rings (SSSR count). The van der Waals surface area contributed by atoms with Gasteiger partial charge in [-0.3, -0.25) is 14.9 Å². The third kappa shape index (κ3) is 2.47. The van der Waals surface area contributed by atoms with E-state index in [1.54, 1.807) is 0 Å². The van der Waals surface area contributed by atoms with E-state index in [0.717, 1.165) is 29.7 Å². The van der Waals surface area contributed by atoms with Crippen molar-refractivity contribution in [3.8, 4) is 5.75 Å². The molecular formula is C26H28N2O3. The van der Waals surface area contributed by atoms with Crippen LogP contribution in [0.15, 0.2) is 48.5 Å². The second-order valence-corrected chi connectivity index (χ2v) is 9.41. The van der Waals surface area contributed by atoms with Crippen molar-refractivity contribution in [1.29, 1.82) is 0 Å². The van der Waals surface area contributed by atoms with Crippen molar-refractivity contribution in [2.75, 3.05) is 11.4 Å². The fraction of sp³-hybridized carbons (Fsp3) is 0.462. The molecule has 2 aromatic rings. The van der Waals surface area contributed by atoms with Gasteiger partial charge in [0, 0.05) is 35.3 Å². The lowest BCUT2D eigenvalue weighted by Crippen LogP contribution is -2.52. The predicted molar refractivity (Wildman–Crippen MR) is 118 cm³/mol. The molecule has 1 saturated heterocycles. The van der Waals surface area contributed by atoms with E-state index in [0.29, 0.717) is 18.2 Å². The highest BCUT2D eigenvalue weighted by molar-refractivity contribution is 6.09. The summed E-state index contributed by atoms with van der Waals surface area (Å²) in [5.41, 5.74) is 2.01. The van der Waals surface area contributed by atoms with Gasteiger partial charge in [-0.05, 0) is 37.8 Å². The number of nitrogens with zero attached hydrogens (tertiary/aromatic N) is 1. The average molecular weight is 417 g/mol. The van der Waals surface area contributed by atoms with Crippen molar-refractivity contribution in [1.82, 2.24) is 5.32 Å². The van der Waals surface area contributed by atoms with Crippen LogP contribution in [0, 0.1) is 11.8 Å². The molecule has 1 amide bonds. The Bertz CT molecular complexity index is 1060. The molecule has 1 spiro atoms.